The van der Waals surface area contributed by atoms with Crippen molar-refractivity contribution in [1.29, 1.82) is 0 Å². The summed E-state index contributed by atoms with van der Waals surface area (Å²) in [6.45, 7) is 5.65. The highest BCUT2D eigenvalue weighted by molar-refractivity contribution is 5.93. The van der Waals surface area contributed by atoms with E-state index in [1.54, 1.807) is 12.3 Å². The molecule has 0 saturated heterocycles. The van der Waals surface area contributed by atoms with Crippen molar-refractivity contribution in [3.05, 3.63) is 59.4 Å². The van der Waals surface area contributed by atoms with E-state index in [9.17, 15) is 4.79 Å². The first kappa shape index (κ1) is 17.0. The van der Waals surface area contributed by atoms with Crippen molar-refractivity contribution in [2.45, 2.75) is 39.7 Å². The molecule has 4 nitrogen and oxygen atoms in total. The number of hydrogen-bond acceptors (Lipinski definition) is 3. The molecule has 1 aromatic heterocycles. The van der Waals surface area contributed by atoms with Crippen molar-refractivity contribution >= 4 is 11.6 Å². The lowest BCUT2D eigenvalue weighted by Gasteiger charge is -2.09. The molecule has 2 N–H and O–H groups in total. The van der Waals surface area contributed by atoms with E-state index >= 15 is 0 Å². The third-order valence-corrected chi connectivity index (χ3v) is 3.64. The van der Waals surface area contributed by atoms with Gasteiger partial charge in [-0.1, -0.05) is 49.6 Å². The molecule has 1 heterocycles. The quantitative estimate of drug-likeness (QED) is 0.726. The normalized spacial score (nSPS) is 10.3. The Labute approximate surface area is 138 Å². The molecule has 1 aromatic carbocycles. The smallest absolute Gasteiger partial charge is 0.269 e. The predicted octanol–water partition coefficient (Wildman–Crippen LogP) is 3.92. The number of aromatic nitrogens is 1. The third kappa shape index (κ3) is 5.74. The summed E-state index contributed by atoms with van der Waals surface area (Å²) in [5, 5.41) is 6.25. The van der Waals surface area contributed by atoms with E-state index in [4.69, 9.17) is 0 Å². The monoisotopic (exact) mass is 311 g/mol. The lowest BCUT2D eigenvalue weighted by atomic mass is 10.1. The zero-order valence-electron chi connectivity index (χ0n) is 13.9. The van der Waals surface area contributed by atoms with Crippen LogP contribution in [0.4, 0.5) is 5.69 Å². The molecule has 1 amide bonds. The fourth-order valence-electron chi connectivity index (χ4n) is 2.36. The van der Waals surface area contributed by atoms with E-state index in [0.29, 0.717) is 12.2 Å². The number of nitrogens with one attached hydrogen (secondary N) is 2. The summed E-state index contributed by atoms with van der Waals surface area (Å²) in [4.78, 5) is 16.2. The molecule has 0 radical (unpaired) electrons. The minimum atomic E-state index is -0.111. The molecule has 0 aliphatic heterocycles. The van der Waals surface area contributed by atoms with E-state index in [0.717, 1.165) is 31.5 Å². The maximum atomic E-state index is 12.1. The van der Waals surface area contributed by atoms with Gasteiger partial charge < -0.3 is 10.6 Å². The van der Waals surface area contributed by atoms with Crippen LogP contribution in [-0.2, 0) is 6.54 Å². The highest BCUT2D eigenvalue weighted by Gasteiger charge is 2.07. The summed E-state index contributed by atoms with van der Waals surface area (Å²) in [6, 6.07) is 12.0. The molecular formula is C19H25N3O. The van der Waals surface area contributed by atoms with Gasteiger partial charge in [0.2, 0.25) is 0 Å². The summed E-state index contributed by atoms with van der Waals surface area (Å²) < 4.78 is 0. The predicted molar refractivity (Wildman–Crippen MR) is 94.6 cm³/mol. The number of nitrogens with zero attached hydrogens (tertiary/aromatic N) is 1. The van der Waals surface area contributed by atoms with Crippen molar-refractivity contribution in [2.75, 3.05) is 11.9 Å². The highest BCUT2D eigenvalue weighted by atomic mass is 16.1. The largest absolute Gasteiger partial charge is 0.381 e. The standard InChI is InChI=1S/C19H25N3O/c1-3-4-5-10-21-19(23)18-13-17(9-11-20-18)22-14-16-8-6-7-15(2)12-16/h6-9,11-13H,3-5,10,14H2,1-2H3,(H,20,22)(H,21,23). The Balaban J connectivity index is 1.90. The fourth-order valence-corrected chi connectivity index (χ4v) is 2.36. The summed E-state index contributed by atoms with van der Waals surface area (Å²) in [7, 11) is 0. The molecule has 0 aliphatic carbocycles. The first-order valence-electron chi connectivity index (χ1n) is 8.22. The van der Waals surface area contributed by atoms with E-state index in [-0.39, 0.29) is 5.91 Å². The number of pyridine rings is 1. The Kier molecular flexibility index (Phi) is 6.60. The number of hydrogen-bond donors (Lipinski definition) is 2. The van der Waals surface area contributed by atoms with Gasteiger partial charge in [-0.2, -0.15) is 0 Å². The summed E-state index contributed by atoms with van der Waals surface area (Å²) >= 11 is 0. The Bertz CT molecular complexity index is 640. The van der Waals surface area contributed by atoms with Gasteiger partial charge in [0, 0.05) is 25.0 Å². The van der Waals surface area contributed by atoms with E-state index < -0.39 is 0 Å². The first-order valence-corrected chi connectivity index (χ1v) is 8.22. The average Bonchev–Trinajstić information content (AvgIpc) is 2.57. The van der Waals surface area contributed by atoms with E-state index in [2.05, 4.69) is 47.7 Å². The lowest BCUT2D eigenvalue weighted by Crippen LogP contribution is -2.25. The van der Waals surface area contributed by atoms with Crippen LogP contribution < -0.4 is 10.6 Å². The van der Waals surface area contributed by atoms with Crippen LogP contribution in [-0.4, -0.2) is 17.4 Å². The van der Waals surface area contributed by atoms with Gasteiger partial charge in [-0.3, -0.25) is 9.78 Å². The Morgan fingerprint density at radius 2 is 2.04 bits per heavy atom. The van der Waals surface area contributed by atoms with Gasteiger partial charge in [-0.25, -0.2) is 0 Å². The minimum absolute atomic E-state index is 0.111. The van der Waals surface area contributed by atoms with Gasteiger partial charge in [-0.15, -0.1) is 0 Å². The molecule has 0 spiro atoms. The Morgan fingerprint density at radius 3 is 2.83 bits per heavy atom. The van der Waals surface area contributed by atoms with Crippen LogP contribution >= 0.6 is 0 Å². The van der Waals surface area contributed by atoms with Crippen molar-refractivity contribution < 1.29 is 4.79 Å². The number of amides is 1. The van der Waals surface area contributed by atoms with Crippen LogP contribution in [0, 0.1) is 6.92 Å². The van der Waals surface area contributed by atoms with Crippen molar-refractivity contribution in [3.8, 4) is 0 Å². The zero-order chi connectivity index (χ0) is 16.5. The average molecular weight is 311 g/mol. The van der Waals surface area contributed by atoms with Crippen LogP contribution in [0.3, 0.4) is 0 Å². The van der Waals surface area contributed by atoms with Gasteiger partial charge in [0.15, 0.2) is 0 Å². The summed E-state index contributed by atoms with van der Waals surface area (Å²) in [6.07, 6.45) is 4.95. The molecule has 122 valence electrons. The highest BCUT2D eigenvalue weighted by Crippen LogP contribution is 2.11. The van der Waals surface area contributed by atoms with Gasteiger partial charge in [0.1, 0.15) is 5.69 Å². The number of rotatable bonds is 8. The second-order valence-electron chi connectivity index (χ2n) is 5.74. The van der Waals surface area contributed by atoms with Crippen LogP contribution in [0.15, 0.2) is 42.6 Å². The number of aryl methyl sites for hydroxylation is 1. The lowest BCUT2D eigenvalue weighted by molar-refractivity contribution is 0.0948. The molecule has 23 heavy (non-hydrogen) atoms. The summed E-state index contributed by atoms with van der Waals surface area (Å²) in [5.74, 6) is -0.111. The molecular weight excluding hydrogens is 286 g/mol. The summed E-state index contributed by atoms with van der Waals surface area (Å²) in [5.41, 5.74) is 3.81. The topological polar surface area (TPSA) is 54.0 Å². The first-order chi connectivity index (χ1) is 11.2. The molecule has 0 bridgehead atoms. The number of anilines is 1. The minimum Gasteiger partial charge on any atom is -0.381 e. The molecule has 2 rings (SSSR count). The van der Waals surface area contributed by atoms with Gasteiger partial charge in [-0.05, 0) is 31.0 Å². The fraction of sp³-hybridized carbons (Fsp3) is 0.368. The van der Waals surface area contributed by atoms with Crippen LogP contribution in [0.2, 0.25) is 0 Å². The van der Waals surface area contributed by atoms with Gasteiger partial charge in [0.05, 0.1) is 0 Å². The third-order valence-electron chi connectivity index (χ3n) is 3.64. The maximum absolute atomic E-state index is 12.1. The van der Waals surface area contributed by atoms with Gasteiger partial charge in [0.25, 0.3) is 5.91 Å². The van der Waals surface area contributed by atoms with E-state index in [1.165, 1.54) is 11.1 Å². The van der Waals surface area contributed by atoms with Crippen LogP contribution in [0.25, 0.3) is 0 Å². The molecule has 0 aliphatic rings. The molecule has 0 saturated carbocycles. The number of unbranched alkanes of at least 4 members (excludes halogenated alkanes) is 2. The zero-order valence-corrected chi connectivity index (χ0v) is 13.9. The second-order valence-corrected chi connectivity index (χ2v) is 5.74. The molecule has 0 atom stereocenters. The number of benzene rings is 1. The molecule has 0 fully saturated rings. The Hall–Kier alpha value is -2.36. The van der Waals surface area contributed by atoms with E-state index in [1.807, 2.05) is 12.1 Å². The number of carbonyl (C=O) groups excluding carboxylic acids is 1. The van der Waals surface area contributed by atoms with Gasteiger partial charge >= 0.3 is 0 Å². The second kappa shape index (κ2) is 8.93. The SMILES string of the molecule is CCCCCNC(=O)c1cc(NCc2cccc(C)c2)ccn1. The van der Waals surface area contributed by atoms with Crippen molar-refractivity contribution in [2.24, 2.45) is 0 Å². The molecule has 0 unspecified atom stereocenters. The maximum Gasteiger partial charge on any atom is 0.269 e. The van der Waals surface area contributed by atoms with Crippen LogP contribution in [0.1, 0.15) is 47.8 Å². The van der Waals surface area contributed by atoms with Crippen molar-refractivity contribution in [3.63, 3.8) is 0 Å². The molecule has 2 aromatic rings. The van der Waals surface area contributed by atoms with Crippen LogP contribution in [0.5, 0.6) is 0 Å². The molecule has 4 heteroatoms. The Morgan fingerprint density at radius 1 is 1.17 bits per heavy atom. The number of carbonyl (C=O) groups is 1. The van der Waals surface area contributed by atoms with Crippen molar-refractivity contribution in [1.82, 2.24) is 10.3 Å².